The molecule has 11 aromatic rings. The Morgan fingerprint density at radius 3 is 1.43 bits per heavy atom. The van der Waals surface area contributed by atoms with Gasteiger partial charge in [0.15, 0.2) is 0 Å². The lowest BCUT2D eigenvalue weighted by Gasteiger charge is -2.27. The predicted octanol–water partition coefficient (Wildman–Crippen LogP) is 15.5. The molecule has 2 nitrogen and oxygen atoms in total. The van der Waals surface area contributed by atoms with Crippen molar-refractivity contribution in [2.75, 3.05) is 4.90 Å². The summed E-state index contributed by atoms with van der Waals surface area (Å²) in [6, 6.07) is 76.6. The predicted molar refractivity (Wildman–Crippen MR) is 237 cm³/mol. The fourth-order valence-electron chi connectivity index (χ4n) is 8.52. The molecule has 0 bridgehead atoms. The fourth-order valence-corrected chi connectivity index (χ4v) is 8.52. The van der Waals surface area contributed by atoms with E-state index in [2.05, 4.69) is 205 Å². The Morgan fingerprint density at radius 2 is 0.696 bits per heavy atom. The average molecular weight is 714 g/mol. The summed E-state index contributed by atoms with van der Waals surface area (Å²) < 4.78 is 6.14. The number of benzene rings is 10. The molecule has 0 fully saturated rings. The smallest absolute Gasteiger partial charge is 0.135 e. The number of fused-ring (bicyclic) bond motifs is 9. The maximum Gasteiger partial charge on any atom is 0.135 e. The lowest BCUT2D eigenvalue weighted by Crippen LogP contribution is -2.10. The lowest BCUT2D eigenvalue weighted by molar-refractivity contribution is 0.669. The van der Waals surface area contributed by atoms with Gasteiger partial charge in [-0.3, -0.25) is 0 Å². The molecule has 10 aromatic carbocycles. The molecule has 0 aliphatic rings. The van der Waals surface area contributed by atoms with Crippen LogP contribution >= 0.6 is 0 Å². The van der Waals surface area contributed by atoms with E-state index >= 15 is 0 Å². The van der Waals surface area contributed by atoms with Crippen LogP contribution in [0, 0.1) is 0 Å². The second-order valence-electron chi connectivity index (χ2n) is 14.5. The van der Waals surface area contributed by atoms with Gasteiger partial charge in [-0.05, 0) is 126 Å². The van der Waals surface area contributed by atoms with Crippen molar-refractivity contribution < 1.29 is 4.42 Å². The molecule has 262 valence electrons. The lowest BCUT2D eigenvalue weighted by atomic mass is 9.94. The van der Waals surface area contributed by atoms with Crippen molar-refractivity contribution in [1.82, 2.24) is 0 Å². The van der Waals surface area contributed by atoms with E-state index in [4.69, 9.17) is 4.42 Å². The summed E-state index contributed by atoms with van der Waals surface area (Å²) >= 11 is 0. The van der Waals surface area contributed by atoms with E-state index in [1.54, 1.807) is 0 Å². The van der Waals surface area contributed by atoms with Crippen LogP contribution in [0.1, 0.15) is 0 Å². The van der Waals surface area contributed by atoms with Crippen molar-refractivity contribution in [2.45, 2.75) is 0 Å². The second kappa shape index (κ2) is 13.2. The Morgan fingerprint density at radius 1 is 0.232 bits per heavy atom. The summed E-state index contributed by atoms with van der Waals surface area (Å²) in [5.74, 6) is 0. The monoisotopic (exact) mass is 713 g/mol. The molecule has 2 heteroatoms. The summed E-state index contributed by atoms with van der Waals surface area (Å²) in [7, 11) is 0. The van der Waals surface area contributed by atoms with Gasteiger partial charge in [-0.25, -0.2) is 0 Å². The SMILES string of the molecule is c1ccc(-c2cccc(-c3cccc(N(c4ccc(-c5ccc6oc7ccccc7c6c5)cc4)c4ccc5c6ccccc6c6ccccc6c5c4)c3)c2)cc1. The highest BCUT2D eigenvalue weighted by Crippen LogP contribution is 2.42. The Bertz CT molecular complexity index is 3210. The molecule has 0 aliphatic heterocycles. The number of hydrogen-bond donors (Lipinski definition) is 0. The van der Waals surface area contributed by atoms with Gasteiger partial charge in [0.05, 0.1) is 0 Å². The van der Waals surface area contributed by atoms with Gasteiger partial charge in [0, 0.05) is 27.8 Å². The van der Waals surface area contributed by atoms with Crippen molar-refractivity contribution in [3.63, 3.8) is 0 Å². The van der Waals surface area contributed by atoms with Crippen LogP contribution in [0.4, 0.5) is 17.1 Å². The maximum atomic E-state index is 6.14. The summed E-state index contributed by atoms with van der Waals surface area (Å²) in [6.07, 6.45) is 0. The third kappa shape index (κ3) is 5.42. The molecule has 0 saturated heterocycles. The molecular weight excluding hydrogens is 679 g/mol. The van der Waals surface area contributed by atoms with Crippen LogP contribution < -0.4 is 4.90 Å². The molecule has 56 heavy (non-hydrogen) atoms. The fraction of sp³-hybridized carbons (Fsp3) is 0. The van der Waals surface area contributed by atoms with Crippen LogP contribution in [0.3, 0.4) is 0 Å². The normalized spacial score (nSPS) is 11.6. The van der Waals surface area contributed by atoms with Gasteiger partial charge < -0.3 is 9.32 Å². The third-order valence-corrected chi connectivity index (χ3v) is 11.2. The van der Waals surface area contributed by atoms with E-state index in [9.17, 15) is 0 Å². The molecule has 0 saturated carbocycles. The summed E-state index contributed by atoms with van der Waals surface area (Å²) in [6.45, 7) is 0. The summed E-state index contributed by atoms with van der Waals surface area (Å²) in [5, 5.41) is 9.84. The van der Waals surface area contributed by atoms with Crippen LogP contribution in [0.5, 0.6) is 0 Å². The van der Waals surface area contributed by atoms with E-state index in [-0.39, 0.29) is 0 Å². The number of furan rings is 1. The number of nitrogens with zero attached hydrogens (tertiary/aromatic N) is 1. The van der Waals surface area contributed by atoms with Crippen LogP contribution in [0.2, 0.25) is 0 Å². The van der Waals surface area contributed by atoms with Crippen molar-refractivity contribution in [1.29, 1.82) is 0 Å². The first kappa shape index (κ1) is 32.0. The highest BCUT2D eigenvalue weighted by Gasteiger charge is 2.17. The molecule has 0 aliphatic carbocycles. The third-order valence-electron chi connectivity index (χ3n) is 11.2. The molecular formula is C54H35NO. The van der Waals surface area contributed by atoms with Gasteiger partial charge in [0.1, 0.15) is 11.2 Å². The van der Waals surface area contributed by atoms with Gasteiger partial charge in [0.25, 0.3) is 0 Å². The molecule has 0 unspecified atom stereocenters. The standard InChI is InChI=1S/C54H35NO/c1-2-12-36(13-3-1)38-14-10-15-39(32-38)40-16-11-17-43(33-40)55(44-29-30-49-47-20-5-4-18-45(47)46-19-6-7-21-48(46)51(49)35-44)42-27-24-37(25-28-42)41-26-31-54-52(34-41)50-22-8-9-23-53(50)56-54/h1-35H. The number of rotatable bonds is 6. The minimum Gasteiger partial charge on any atom is -0.456 e. The largest absolute Gasteiger partial charge is 0.456 e. The highest BCUT2D eigenvalue weighted by molar-refractivity contribution is 6.25. The van der Waals surface area contributed by atoms with Gasteiger partial charge in [0.2, 0.25) is 0 Å². The Balaban J connectivity index is 1.07. The van der Waals surface area contributed by atoms with Crippen molar-refractivity contribution >= 4 is 71.3 Å². The Labute approximate surface area is 325 Å². The van der Waals surface area contributed by atoms with Crippen molar-refractivity contribution in [2.24, 2.45) is 0 Å². The summed E-state index contributed by atoms with van der Waals surface area (Å²) in [5.41, 5.74) is 12.2. The van der Waals surface area contributed by atoms with Gasteiger partial charge in [-0.15, -0.1) is 0 Å². The van der Waals surface area contributed by atoms with E-state index in [1.807, 2.05) is 12.1 Å². The Kier molecular flexibility index (Phi) is 7.53. The van der Waals surface area contributed by atoms with E-state index < -0.39 is 0 Å². The quantitative estimate of drug-likeness (QED) is 0.160. The zero-order chi connectivity index (χ0) is 37.0. The van der Waals surface area contributed by atoms with Crippen LogP contribution in [0.15, 0.2) is 217 Å². The minimum atomic E-state index is 0.906. The molecule has 0 spiro atoms. The van der Waals surface area contributed by atoms with Gasteiger partial charge >= 0.3 is 0 Å². The first-order valence-corrected chi connectivity index (χ1v) is 19.2. The second-order valence-corrected chi connectivity index (χ2v) is 14.5. The average Bonchev–Trinajstić information content (AvgIpc) is 3.65. The zero-order valence-electron chi connectivity index (χ0n) is 30.6. The zero-order valence-corrected chi connectivity index (χ0v) is 30.6. The molecule has 0 amide bonds. The first-order chi connectivity index (χ1) is 27.7. The van der Waals surface area contributed by atoms with E-state index in [0.29, 0.717) is 0 Å². The van der Waals surface area contributed by atoms with Crippen molar-refractivity contribution in [3.8, 4) is 33.4 Å². The molecule has 1 aromatic heterocycles. The molecule has 11 rings (SSSR count). The van der Waals surface area contributed by atoms with E-state index in [1.165, 1.54) is 54.6 Å². The Hall–Kier alpha value is -7.42. The van der Waals surface area contributed by atoms with Crippen LogP contribution in [-0.4, -0.2) is 0 Å². The number of para-hydroxylation sites is 1. The van der Waals surface area contributed by atoms with E-state index in [0.717, 1.165) is 50.1 Å². The minimum absolute atomic E-state index is 0.906. The van der Waals surface area contributed by atoms with Crippen molar-refractivity contribution in [3.05, 3.63) is 212 Å². The number of anilines is 3. The van der Waals surface area contributed by atoms with Gasteiger partial charge in [-0.1, -0.05) is 152 Å². The molecule has 0 atom stereocenters. The summed E-state index contributed by atoms with van der Waals surface area (Å²) in [4.78, 5) is 2.39. The molecule has 0 radical (unpaired) electrons. The first-order valence-electron chi connectivity index (χ1n) is 19.2. The maximum absolute atomic E-state index is 6.14. The van der Waals surface area contributed by atoms with Crippen LogP contribution in [-0.2, 0) is 0 Å². The highest BCUT2D eigenvalue weighted by atomic mass is 16.3. The van der Waals surface area contributed by atoms with Gasteiger partial charge in [-0.2, -0.15) is 0 Å². The topological polar surface area (TPSA) is 16.4 Å². The van der Waals surface area contributed by atoms with Crippen LogP contribution in [0.25, 0.3) is 87.6 Å². The molecule has 0 N–H and O–H groups in total. The molecule has 1 heterocycles. The number of hydrogen-bond acceptors (Lipinski definition) is 2.